The molecule has 10 heteroatoms. The maximum absolute atomic E-state index is 13.4. The second-order valence-electron chi connectivity index (χ2n) is 7.72. The largest absolute Gasteiger partial charge is 0.416 e. The van der Waals surface area contributed by atoms with Crippen LogP contribution in [0.15, 0.2) is 48.9 Å². The molecule has 0 amide bonds. The number of nitrogen functional groups attached to an aromatic ring is 1. The molecule has 1 aromatic carbocycles. The number of pyridine rings is 1. The first kappa shape index (κ1) is 23.3. The lowest BCUT2D eigenvalue weighted by Crippen LogP contribution is -2.36. The number of anilines is 3. The molecular formula is C24H23F3N6O. The second kappa shape index (κ2) is 9.97. The molecule has 3 aromatic rings. The van der Waals surface area contributed by atoms with Crippen molar-refractivity contribution in [1.82, 2.24) is 15.0 Å². The Morgan fingerprint density at radius 1 is 1.06 bits per heavy atom. The molecule has 176 valence electrons. The van der Waals surface area contributed by atoms with Gasteiger partial charge in [0.25, 0.3) is 0 Å². The van der Waals surface area contributed by atoms with E-state index < -0.39 is 11.7 Å². The van der Waals surface area contributed by atoms with Gasteiger partial charge in [0.05, 0.1) is 18.8 Å². The third-order valence-electron chi connectivity index (χ3n) is 5.37. The van der Waals surface area contributed by atoms with E-state index >= 15 is 0 Å². The van der Waals surface area contributed by atoms with Crippen LogP contribution in [0.4, 0.5) is 30.5 Å². The molecule has 7 nitrogen and oxygen atoms in total. The third kappa shape index (κ3) is 5.38. The Kier molecular flexibility index (Phi) is 6.84. The van der Waals surface area contributed by atoms with Crippen molar-refractivity contribution in [2.45, 2.75) is 12.7 Å². The van der Waals surface area contributed by atoms with Crippen molar-refractivity contribution in [2.24, 2.45) is 0 Å². The lowest BCUT2D eigenvalue weighted by Gasteiger charge is -2.27. The number of benzene rings is 1. The van der Waals surface area contributed by atoms with Gasteiger partial charge in [0.15, 0.2) is 5.82 Å². The van der Waals surface area contributed by atoms with Crippen molar-refractivity contribution in [3.8, 4) is 11.8 Å². The monoisotopic (exact) mass is 468 g/mol. The van der Waals surface area contributed by atoms with Crippen molar-refractivity contribution in [3.63, 3.8) is 0 Å². The van der Waals surface area contributed by atoms with Crippen LogP contribution in [-0.2, 0) is 17.5 Å². The van der Waals surface area contributed by atoms with E-state index in [4.69, 9.17) is 10.5 Å². The minimum Gasteiger partial charge on any atom is -0.382 e. The first-order valence-electron chi connectivity index (χ1n) is 10.6. The zero-order valence-corrected chi connectivity index (χ0v) is 18.5. The number of alkyl halides is 3. The SMILES string of the molecule is CN(Cc1ccccc1C(F)(F)F)c1c(N)ncnc1C#Cc1ccc(N2CCOCC2)nc1. The molecule has 0 saturated carbocycles. The third-order valence-corrected chi connectivity index (χ3v) is 5.37. The molecule has 2 aromatic heterocycles. The van der Waals surface area contributed by atoms with Gasteiger partial charge in [-0.3, -0.25) is 0 Å². The average molecular weight is 468 g/mol. The summed E-state index contributed by atoms with van der Waals surface area (Å²) >= 11 is 0. The molecule has 1 saturated heterocycles. The van der Waals surface area contributed by atoms with Crippen LogP contribution in [0.2, 0.25) is 0 Å². The van der Waals surface area contributed by atoms with E-state index in [1.165, 1.54) is 18.5 Å². The maximum Gasteiger partial charge on any atom is 0.416 e. The fourth-order valence-electron chi connectivity index (χ4n) is 3.70. The Hall–Kier alpha value is -3.84. The summed E-state index contributed by atoms with van der Waals surface area (Å²) in [5.74, 6) is 6.95. The number of aromatic nitrogens is 3. The number of nitrogens with zero attached hydrogens (tertiary/aromatic N) is 5. The summed E-state index contributed by atoms with van der Waals surface area (Å²) in [5.41, 5.74) is 6.83. The maximum atomic E-state index is 13.4. The molecule has 0 bridgehead atoms. The molecule has 3 heterocycles. The lowest BCUT2D eigenvalue weighted by atomic mass is 10.1. The molecule has 0 unspecified atom stereocenters. The zero-order valence-electron chi connectivity index (χ0n) is 18.5. The Morgan fingerprint density at radius 2 is 1.82 bits per heavy atom. The zero-order chi connectivity index (χ0) is 24.1. The van der Waals surface area contributed by atoms with E-state index in [0.29, 0.717) is 30.2 Å². The van der Waals surface area contributed by atoms with E-state index in [9.17, 15) is 13.2 Å². The van der Waals surface area contributed by atoms with Gasteiger partial charge in [0, 0.05) is 38.4 Å². The van der Waals surface area contributed by atoms with Crippen LogP contribution in [-0.4, -0.2) is 48.3 Å². The van der Waals surface area contributed by atoms with Gasteiger partial charge in [0.2, 0.25) is 0 Å². The van der Waals surface area contributed by atoms with Crippen molar-refractivity contribution in [3.05, 3.63) is 71.3 Å². The fourth-order valence-corrected chi connectivity index (χ4v) is 3.70. The molecule has 4 rings (SSSR count). The van der Waals surface area contributed by atoms with Crippen molar-refractivity contribution < 1.29 is 17.9 Å². The highest BCUT2D eigenvalue weighted by atomic mass is 19.4. The van der Waals surface area contributed by atoms with Crippen LogP contribution in [0.3, 0.4) is 0 Å². The molecule has 0 radical (unpaired) electrons. The van der Waals surface area contributed by atoms with Gasteiger partial charge in [-0.05, 0) is 29.7 Å². The number of halogens is 3. The summed E-state index contributed by atoms with van der Waals surface area (Å²) in [6.45, 7) is 2.86. The molecular weight excluding hydrogens is 445 g/mol. The minimum atomic E-state index is -4.46. The van der Waals surface area contributed by atoms with Gasteiger partial charge < -0.3 is 20.3 Å². The standard InChI is InChI=1S/C24H23F3N6O/c1-32(15-18-4-2-3-5-19(18)24(25,26)27)22-20(30-16-31-23(22)28)8-6-17-7-9-21(29-14-17)33-10-12-34-13-11-33/h2-5,7,9,14,16H,10-13,15H2,1H3,(H2,28,30,31). The Morgan fingerprint density at radius 3 is 2.53 bits per heavy atom. The van der Waals surface area contributed by atoms with Gasteiger partial charge in [-0.1, -0.05) is 24.1 Å². The summed E-state index contributed by atoms with van der Waals surface area (Å²) in [5, 5.41) is 0. The molecule has 0 spiro atoms. The molecule has 0 aliphatic carbocycles. The highest BCUT2D eigenvalue weighted by Gasteiger charge is 2.33. The quantitative estimate of drug-likeness (QED) is 0.589. The number of hydrogen-bond acceptors (Lipinski definition) is 7. The summed E-state index contributed by atoms with van der Waals surface area (Å²) in [6.07, 6.45) is -1.51. The van der Waals surface area contributed by atoms with Gasteiger partial charge >= 0.3 is 6.18 Å². The Bertz CT molecular complexity index is 1200. The summed E-state index contributed by atoms with van der Waals surface area (Å²) < 4.78 is 45.6. The van der Waals surface area contributed by atoms with E-state index in [-0.39, 0.29) is 17.9 Å². The predicted octanol–water partition coefficient (Wildman–Crippen LogP) is 3.35. The first-order valence-corrected chi connectivity index (χ1v) is 10.6. The Balaban J connectivity index is 1.57. The molecule has 2 N–H and O–H groups in total. The molecule has 0 atom stereocenters. The highest BCUT2D eigenvalue weighted by Crippen LogP contribution is 2.33. The van der Waals surface area contributed by atoms with Crippen LogP contribution in [0.1, 0.15) is 22.4 Å². The van der Waals surface area contributed by atoms with Crippen LogP contribution in [0.25, 0.3) is 0 Å². The topological polar surface area (TPSA) is 80.4 Å². The number of nitrogens with two attached hydrogens (primary N) is 1. The van der Waals surface area contributed by atoms with Gasteiger partial charge in [0.1, 0.15) is 23.5 Å². The van der Waals surface area contributed by atoms with Gasteiger partial charge in [-0.25, -0.2) is 15.0 Å². The number of rotatable bonds is 4. The smallest absolute Gasteiger partial charge is 0.382 e. The fraction of sp³-hybridized carbons (Fsp3) is 0.292. The lowest BCUT2D eigenvalue weighted by molar-refractivity contribution is -0.138. The minimum absolute atomic E-state index is 0.0439. The summed E-state index contributed by atoms with van der Waals surface area (Å²) in [7, 11) is 1.63. The first-order chi connectivity index (χ1) is 16.3. The second-order valence-corrected chi connectivity index (χ2v) is 7.72. The van der Waals surface area contributed by atoms with E-state index in [1.54, 1.807) is 24.2 Å². The van der Waals surface area contributed by atoms with Crippen LogP contribution in [0.5, 0.6) is 0 Å². The van der Waals surface area contributed by atoms with Crippen LogP contribution >= 0.6 is 0 Å². The average Bonchev–Trinajstić information content (AvgIpc) is 2.83. The van der Waals surface area contributed by atoms with E-state index in [0.717, 1.165) is 25.0 Å². The van der Waals surface area contributed by atoms with E-state index in [1.807, 2.05) is 12.1 Å². The number of ether oxygens (including phenoxy) is 1. The van der Waals surface area contributed by atoms with Crippen molar-refractivity contribution >= 4 is 17.3 Å². The molecule has 1 aliphatic rings. The molecule has 1 aliphatic heterocycles. The van der Waals surface area contributed by atoms with E-state index in [2.05, 4.69) is 31.7 Å². The van der Waals surface area contributed by atoms with Crippen molar-refractivity contribution in [2.75, 3.05) is 48.9 Å². The molecule has 34 heavy (non-hydrogen) atoms. The normalized spacial score (nSPS) is 13.8. The van der Waals surface area contributed by atoms with Crippen molar-refractivity contribution in [1.29, 1.82) is 0 Å². The van der Waals surface area contributed by atoms with Gasteiger partial charge in [-0.15, -0.1) is 0 Å². The van der Waals surface area contributed by atoms with Gasteiger partial charge in [-0.2, -0.15) is 13.2 Å². The molecule has 1 fully saturated rings. The highest BCUT2D eigenvalue weighted by molar-refractivity contribution is 5.70. The summed E-state index contributed by atoms with van der Waals surface area (Å²) in [4.78, 5) is 16.4. The number of hydrogen-bond donors (Lipinski definition) is 1. The van der Waals surface area contributed by atoms with Crippen LogP contribution in [0, 0.1) is 11.8 Å². The van der Waals surface area contributed by atoms with Crippen LogP contribution < -0.4 is 15.5 Å². The predicted molar refractivity (Wildman–Crippen MR) is 123 cm³/mol. The summed E-state index contributed by atoms with van der Waals surface area (Å²) in [6, 6.07) is 9.18. The Labute approximate surface area is 195 Å². The number of morpholine rings is 1.